The molecule has 1 aliphatic heterocycles. The Balaban J connectivity index is 1.44. The van der Waals surface area contributed by atoms with Crippen molar-refractivity contribution >= 4 is 5.91 Å². The van der Waals surface area contributed by atoms with Crippen LogP contribution < -0.4 is 0 Å². The first-order chi connectivity index (χ1) is 17.0. The van der Waals surface area contributed by atoms with E-state index in [1.807, 2.05) is 43.0 Å². The van der Waals surface area contributed by atoms with Crippen molar-refractivity contribution in [3.63, 3.8) is 0 Å². The molecule has 0 bridgehead atoms. The first-order valence-electron chi connectivity index (χ1n) is 12.3. The van der Waals surface area contributed by atoms with E-state index in [0.29, 0.717) is 36.0 Å². The van der Waals surface area contributed by atoms with Crippen molar-refractivity contribution < 1.29 is 9.18 Å². The van der Waals surface area contributed by atoms with Crippen LogP contribution in [-0.2, 0) is 6.42 Å². The van der Waals surface area contributed by atoms with E-state index in [-0.39, 0.29) is 11.7 Å². The highest BCUT2D eigenvalue weighted by molar-refractivity contribution is 5.94. The number of piperidine rings is 1. The predicted molar refractivity (Wildman–Crippen MR) is 137 cm³/mol. The fourth-order valence-corrected chi connectivity index (χ4v) is 4.91. The van der Waals surface area contributed by atoms with Gasteiger partial charge in [0.05, 0.1) is 11.4 Å². The zero-order valence-corrected chi connectivity index (χ0v) is 20.2. The monoisotopic (exact) mass is 467 g/mol. The molecule has 1 fully saturated rings. The van der Waals surface area contributed by atoms with Crippen molar-refractivity contribution in [3.05, 3.63) is 107 Å². The number of amides is 1. The van der Waals surface area contributed by atoms with Crippen LogP contribution in [0.25, 0.3) is 16.9 Å². The minimum absolute atomic E-state index is 0.0563. The second-order valence-electron chi connectivity index (χ2n) is 9.52. The molecule has 0 aliphatic carbocycles. The fourth-order valence-electron chi connectivity index (χ4n) is 4.91. The molecule has 0 spiro atoms. The topological polar surface area (TPSA) is 38.1 Å². The lowest BCUT2D eigenvalue weighted by Crippen LogP contribution is -2.39. The van der Waals surface area contributed by atoms with Crippen LogP contribution in [0.3, 0.4) is 0 Å². The van der Waals surface area contributed by atoms with Crippen molar-refractivity contribution in [2.45, 2.75) is 33.1 Å². The van der Waals surface area contributed by atoms with Gasteiger partial charge in [-0.3, -0.25) is 4.79 Å². The summed E-state index contributed by atoms with van der Waals surface area (Å²) in [6, 6.07) is 24.9. The largest absolute Gasteiger partial charge is 0.337 e. The summed E-state index contributed by atoms with van der Waals surface area (Å²) in [5, 5.41) is 4.73. The lowest BCUT2D eigenvalue weighted by atomic mass is 9.90. The summed E-state index contributed by atoms with van der Waals surface area (Å²) in [5.41, 5.74) is 5.61. The molecule has 2 heterocycles. The van der Waals surface area contributed by atoms with Gasteiger partial charge >= 0.3 is 0 Å². The molecule has 3 aromatic carbocycles. The Morgan fingerprint density at radius 2 is 1.66 bits per heavy atom. The Labute approximate surface area is 206 Å². The third-order valence-electron chi connectivity index (χ3n) is 6.94. The third kappa shape index (κ3) is 4.90. The van der Waals surface area contributed by atoms with Crippen LogP contribution in [0.2, 0.25) is 0 Å². The molecule has 1 saturated heterocycles. The molecule has 4 nitrogen and oxygen atoms in total. The smallest absolute Gasteiger partial charge is 0.272 e. The van der Waals surface area contributed by atoms with Crippen LogP contribution in [0.15, 0.2) is 78.9 Å². The average Bonchev–Trinajstić information content (AvgIpc) is 3.31. The second kappa shape index (κ2) is 9.87. The number of hydrogen-bond donors (Lipinski definition) is 0. The molecule has 0 saturated carbocycles. The summed E-state index contributed by atoms with van der Waals surface area (Å²) in [4.78, 5) is 15.7. The highest BCUT2D eigenvalue weighted by atomic mass is 19.1. The maximum Gasteiger partial charge on any atom is 0.272 e. The van der Waals surface area contributed by atoms with Crippen molar-refractivity contribution in [2.75, 3.05) is 13.1 Å². The first kappa shape index (κ1) is 23.0. The van der Waals surface area contributed by atoms with Crippen LogP contribution in [0.1, 0.15) is 40.0 Å². The second-order valence-corrected chi connectivity index (χ2v) is 9.52. The van der Waals surface area contributed by atoms with Crippen LogP contribution in [0, 0.1) is 25.6 Å². The molecule has 0 N–H and O–H groups in total. The SMILES string of the molecule is Cc1ccc(C)c(-n2nc(-c3ccccc3F)cc2C(=O)N2CCC(Cc3ccccc3)CC2)c1. The molecule has 5 rings (SSSR count). The summed E-state index contributed by atoms with van der Waals surface area (Å²) in [7, 11) is 0. The normalized spacial score (nSPS) is 14.3. The van der Waals surface area contributed by atoms with Crippen LogP contribution in [0.5, 0.6) is 0 Å². The maximum absolute atomic E-state index is 14.6. The zero-order chi connectivity index (χ0) is 24.4. The van der Waals surface area contributed by atoms with Crippen LogP contribution >= 0.6 is 0 Å². The summed E-state index contributed by atoms with van der Waals surface area (Å²) >= 11 is 0. The van der Waals surface area contributed by atoms with Gasteiger partial charge < -0.3 is 4.90 Å². The molecule has 1 aliphatic rings. The number of carbonyl (C=O) groups is 1. The quantitative estimate of drug-likeness (QED) is 0.341. The number of halogens is 1. The standard InChI is InChI=1S/C30H30FN3O/c1-21-12-13-22(2)28(18-21)34-29(20-27(32-34)25-10-6-7-11-26(25)31)30(35)33-16-14-24(15-17-33)19-23-8-4-3-5-9-23/h3-13,18,20,24H,14-17,19H2,1-2H3. The highest BCUT2D eigenvalue weighted by Gasteiger charge is 2.28. The lowest BCUT2D eigenvalue weighted by Gasteiger charge is -2.32. The Morgan fingerprint density at radius 1 is 0.943 bits per heavy atom. The molecule has 0 atom stereocenters. The van der Waals surface area contributed by atoms with Crippen molar-refractivity contribution in [1.82, 2.24) is 14.7 Å². The number of carbonyl (C=O) groups excluding carboxylic acids is 1. The maximum atomic E-state index is 14.6. The molecule has 0 radical (unpaired) electrons. The summed E-state index contributed by atoms with van der Waals surface area (Å²) in [5.74, 6) is 0.164. The molecular weight excluding hydrogens is 437 g/mol. The third-order valence-corrected chi connectivity index (χ3v) is 6.94. The highest BCUT2D eigenvalue weighted by Crippen LogP contribution is 2.28. The van der Waals surface area contributed by atoms with E-state index < -0.39 is 0 Å². The number of nitrogens with zero attached hydrogens (tertiary/aromatic N) is 3. The molecule has 35 heavy (non-hydrogen) atoms. The van der Waals surface area contributed by atoms with Gasteiger partial charge in [0.2, 0.25) is 0 Å². The zero-order valence-electron chi connectivity index (χ0n) is 20.2. The summed E-state index contributed by atoms with van der Waals surface area (Å²) < 4.78 is 16.3. The first-order valence-corrected chi connectivity index (χ1v) is 12.3. The van der Waals surface area contributed by atoms with Crippen molar-refractivity contribution in [3.8, 4) is 16.9 Å². The number of benzene rings is 3. The van der Waals surface area contributed by atoms with Gasteiger partial charge in [-0.2, -0.15) is 5.10 Å². The van der Waals surface area contributed by atoms with Crippen molar-refractivity contribution in [2.24, 2.45) is 5.92 Å². The molecule has 4 aromatic rings. The van der Waals surface area contributed by atoms with Gasteiger partial charge in [-0.05, 0) is 80.0 Å². The Kier molecular flexibility index (Phi) is 6.49. The van der Waals surface area contributed by atoms with E-state index in [1.54, 1.807) is 28.9 Å². The van der Waals surface area contributed by atoms with E-state index >= 15 is 0 Å². The van der Waals surface area contributed by atoms with E-state index in [1.165, 1.54) is 11.6 Å². The number of likely N-dealkylation sites (tertiary alicyclic amines) is 1. The van der Waals surface area contributed by atoms with Crippen molar-refractivity contribution in [1.29, 1.82) is 0 Å². The van der Waals surface area contributed by atoms with Gasteiger partial charge in [-0.15, -0.1) is 0 Å². The Hall–Kier alpha value is -3.73. The predicted octanol–water partition coefficient (Wildman–Crippen LogP) is 6.39. The van der Waals surface area contributed by atoms with E-state index in [2.05, 4.69) is 24.3 Å². The molecule has 0 unspecified atom stereocenters. The summed E-state index contributed by atoms with van der Waals surface area (Å²) in [6.07, 6.45) is 2.98. The van der Waals surface area contributed by atoms with Gasteiger partial charge in [0.15, 0.2) is 0 Å². The minimum Gasteiger partial charge on any atom is -0.337 e. The molecular formula is C30H30FN3O. The molecule has 1 amide bonds. The van der Waals surface area contributed by atoms with Gasteiger partial charge in [0, 0.05) is 18.7 Å². The summed E-state index contributed by atoms with van der Waals surface area (Å²) in [6.45, 7) is 5.44. The lowest BCUT2D eigenvalue weighted by molar-refractivity contribution is 0.0681. The number of rotatable bonds is 5. The van der Waals surface area contributed by atoms with Gasteiger partial charge in [-0.25, -0.2) is 9.07 Å². The molecule has 178 valence electrons. The van der Waals surface area contributed by atoms with Gasteiger partial charge in [0.1, 0.15) is 11.5 Å². The fraction of sp³-hybridized carbons (Fsp3) is 0.267. The minimum atomic E-state index is -0.348. The van der Waals surface area contributed by atoms with Gasteiger partial charge in [0.25, 0.3) is 5.91 Å². The van der Waals surface area contributed by atoms with Crippen LogP contribution in [0.4, 0.5) is 4.39 Å². The average molecular weight is 468 g/mol. The van der Waals surface area contributed by atoms with E-state index in [4.69, 9.17) is 5.10 Å². The van der Waals surface area contributed by atoms with Gasteiger partial charge in [-0.1, -0.05) is 54.6 Å². The molecule has 5 heteroatoms. The van der Waals surface area contributed by atoms with Crippen LogP contribution in [-0.4, -0.2) is 33.7 Å². The number of aryl methyl sites for hydroxylation is 2. The number of aromatic nitrogens is 2. The van der Waals surface area contributed by atoms with E-state index in [9.17, 15) is 9.18 Å². The van der Waals surface area contributed by atoms with E-state index in [0.717, 1.165) is 36.1 Å². The Bertz CT molecular complexity index is 1340. The number of hydrogen-bond acceptors (Lipinski definition) is 2. The Morgan fingerprint density at radius 3 is 2.40 bits per heavy atom. The molecule has 1 aromatic heterocycles.